The lowest BCUT2D eigenvalue weighted by Gasteiger charge is -2.12. The Hall–Kier alpha value is -1.44. The molecule has 0 bridgehead atoms. The normalized spacial score (nSPS) is 10.4. The van der Waals surface area contributed by atoms with E-state index >= 15 is 0 Å². The maximum atomic E-state index is 13.3. The molecular formula is C11H11F5N2S. The van der Waals surface area contributed by atoms with Crippen molar-refractivity contribution in [3.05, 3.63) is 29.1 Å². The molecule has 0 amide bonds. The van der Waals surface area contributed by atoms with Crippen LogP contribution in [0.2, 0.25) is 0 Å². The van der Waals surface area contributed by atoms with Gasteiger partial charge in [0.2, 0.25) is 5.82 Å². The highest BCUT2D eigenvalue weighted by Gasteiger charge is 2.26. The van der Waals surface area contributed by atoms with Gasteiger partial charge in [0.25, 0.3) is 0 Å². The van der Waals surface area contributed by atoms with Crippen molar-refractivity contribution >= 4 is 23.0 Å². The SMILES string of the molecule is CCCCNC(=S)Nc1c(F)c(F)c(F)c(F)c1F. The summed E-state index contributed by atoms with van der Waals surface area (Å²) in [6.45, 7) is 2.35. The molecule has 0 spiro atoms. The molecule has 0 unspecified atom stereocenters. The number of unbranched alkanes of at least 4 members (excludes halogenated alkanes) is 1. The number of hydrogen-bond donors (Lipinski definition) is 2. The van der Waals surface area contributed by atoms with Crippen molar-refractivity contribution < 1.29 is 22.0 Å². The molecule has 106 valence electrons. The summed E-state index contributed by atoms with van der Waals surface area (Å²) in [7, 11) is 0. The molecule has 1 aromatic carbocycles. The van der Waals surface area contributed by atoms with Crippen molar-refractivity contribution in [2.75, 3.05) is 11.9 Å². The van der Waals surface area contributed by atoms with Crippen LogP contribution in [0.15, 0.2) is 0 Å². The predicted octanol–water partition coefficient (Wildman–Crippen LogP) is 3.47. The first-order chi connectivity index (χ1) is 8.90. The molecule has 0 aliphatic rings. The van der Waals surface area contributed by atoms with Gasteiger partial charge in [0.1, 0.15) is 5.69 Å². The minimum absolute atomic E-state index is 0.211. The van der Waals surface area contributed by atoms with Crippen LogP contribution in [-0.4, -0.2) is 11.7 Å². The van der Waals surface area contributed by atoms with Gasteiger partial charge in [0.15, 0.2) is 28.4 Å². The number of rotatable bonds is 4. The van der Waals surface area contributed by atoms with Crippen molar-refractivity contribution in [3.8, 4) is 0 Å². The van der Waals surface area contributed by atoms with Gasteiger partial charge in [-0.1, -0.05) is 13.3 Å². The Bertz CT molecular complexity index is 463. The van der Waals surface area contributed by atoms with Crippen LogP contribution in [0, 0.1) is 29.1 Å². The first kappa shape index (κ1) is 15.6. The van der Waals surface area contributed by atoms with Crippen molar-refractivity contribution in [2.45, 2.75) is 19.8 Å². The van der Waals surface area contributed by atoms with Crippen molar-refractivity contribution in [1.29, 1.82) is 0 Å². The minimum atomic E-state index is -2.20. The van der Waals surface area contributed by atoms with Gasteiger partial charge in [-0.3, -0.25) is 0 Å². The molecule has 0 aromatic heterocycles. The second-order valence-corrected chi connectivity index (χ2v) is 4.09. The van der Waals surface area contributed by atoms with Gasteiger partial charge >= 0.3 is 0 Å². The van der Waals surface area contributed by atoms with Crippen LogP contribution in [0.3, 0.4) is 0 Å². The summed E-state index contributed by atoms with van der Waals surface area (Å²) in [5.41, 5.74) is -1.16. The van der Waals surface area contributed by atoms with E-state index in [0.29, 0.717) is 6.54 Å². The van der Waals surface area contributed by atoms with E-state index in [0.717, 1.165) is 12.8 Å². The first-order valence-corrected chi connectivity index (χ1v) is 5.87. The maximum absolute atomic E-state index is 13.3. The quantitative estimate of drug-likeness (QED) is 0.293. The molecule has 0 aliphatic heterocycles. The Morgan fingerprint density at radius 2 is 1.42 bits per heavy atom. The van der Waals surface area contributed by atoms with Gasteiger partial charge in [-0.25, -0.2) is 22.0 Å². The summed E-state index contributed by atoms with van der Waals surface area (Å²) >= 11 is 4.69. The van der Waals surface area contributed by atoms with E-state index in [2.05, 4.69) is 5.32 Å². The highest BCUT2D eigenvalue weighted by molar-refractivity contribution is 7.80. The van der Waals surface area contributed by atoms with Gasteiger partial charge in [-0.05, 0) is 18.6 Å². The molecule has 2 N–H and O–H groups in total. The van der Waals surface area contributed by atoms with Crippen LogP contribution in [0.4, 0.5) is 27.6 Å². The maximum Gasteiger partial charge on any atom is 0.200 e. The van der Waals surface area contributed by atoms with E-state index in [1.54, 1.807) is 0 Å². The van der Waals surface area contributed by atoms with Crippen molar-refractivity contribution in [1.82, 2.24) is 5.32 Å². The van der Waals surface area contributed by atoms with Crippen LogP contribution in [0.1, 0.15) is 19.8 Å². The number of halogens is 5. The standard InChI is InChI=1S/C11H11F5N2S/c1-2-3-4-17-11(19)18-10-8(15)6(13)5(12)7(14)9(10)16/h2-4H2,1H3,(H2,17,18,19). The zero-order valence-electron chi connectivity index (χ0n) is 9.92. The van der Waals surface area contributed by atoms with Gasteiger partial charge in [0, 0.05) is 6.54 Å². The largest absolute Gasteiger partial charge is 0.362 e. The molecule has 0 saturated carbocycles. The summed E-state index contributed by atoms with van der Waals surface area (Å²) in [6, 6.07) is 0. The summed E-state index contributed by atoms with van der Waals surface area (Å²) in [4.78, 5) is 0. The molecular weight excluding hydrogens is 287 g/mol. The van der Waals surface area contributed by atoms with Crippen LogP contribution in [-0.2, 0) is 0 Å². The molecule has 8 heteroatoms. The third kappa shape index (κ3) is 3.52. The molecule has 0 saturated heterocycles. The lowest BCUT2D eigenvalue weighted by Crippen LogP contribution is -2.30. The molecule has 19 heavy (non-hydrogen) atoms. The summed E-state index contributed by atoms with van der Waals surface area (Å²) < 4.78 is 65.1. The Morgan fingerprint density at radius 1 is 0.947 bits per heavy atom. The van der Waals surface area contributed by atoms with E-state index < -0.39 is 34.8 Å². The third-order valence-corrected chi connectivity index (χ3v) is 2.51. The summed E-state index contributed by atoms with van der Waals surface area (Å²) in [6.07, 6.45) is 1.61. The monoisotopic (exact) mass is 298 g/mol. The molecule has 0 aliphatic carbocycles. The number of nitrogens with one attached hydrogen (secondary N) is 2. The zero-order valence-corrected chi connectivity index (χ0v) is 10.7. The predicted molar refractivity (Wildman–Crippen MR) is 65.4 cm³/mol. The fourth-order valence-electron chi connectivity index (χ4n) is 1.25. The lowest BCUT2D eigenvalue weighted by molar-refractivity contribution is 0.382. The van der Waals surface area contributed by atoms with Crippen LogP contribution in [0.25, 0.3) is 0 Å². The number of thiocarbonyl (C=S) groups is 1. The Labute approximate surface area is 112 Å². The molecule has 0 radical (unpaired) electrons. The van der Waals surface area contributed by atoms with Gasteiger partial charge in [-0.15, -0.1) is 0 Å². The first-order valence-electron chi connectivity index (χ1n) is 5.46. The van der Waals surface area contributed by atoms with Crippen molar-refractivity contribution in [3.63, 3.8) is 0 Å². The highest BCUT2D eigenvalue weighted by Crippen LogP contribution is 2.26. The lowest BCUT2D eigenvalue weighted by atomic mass is 10.2. The highest BCUT2D eigenvalue weighted by atomic mass is 32.1. The van der Waals surface area contributed by atoms with E-state index in [1.807, 2.05) is 12.2 Å². The van der Waals surface area contributed by atoms with Gasteiger partial charge in [0.05, 0.1) is 0 Å². The fraction of sp³-hybridized carbons (Fsp3) is 0.364. The van der Waals surface area contributed by atoms with E-state index in [1.165, 1.54) is 0 Å². The third-order valence-electron chi connectivity index (χ3n) is 2.26. The van der Waals surface area contributed by atoms with Gasteiger partial charge in [-0.2, -0.15) is 0 Å². The Kier molecular flexibility index (Phi) is 5.46. The molecule has 0 atom stereocenters. The average Bonchev–Trinajstić information content (AvgIpc) is 2.39. The molecule has 0 heterocycles. The molecule has 1 rings (SSSR count). The Balaban J connectivity index is 2.93. The number of anilines is 1. The van der Waals surface area contributed by atoms with Gasteiger partial charge < -0.3 is 10.6 Å². The molecule has 2 nitrogen and oxygen atoms in total. The molecule has 0 fully saturated rings. The van der Waals surface area contributed by atoms with Crippen LogP contribution in [0.5, 0.6) is 0 Å². The topological polar surface area (TPSA) is 24.1 Å². The summed E-state index contributed by atoms with van der Waals surface area (Å²) in [5.74, 6) is -10.1. The minimum Gasteiger partial charge on any atom is -0.362 e. The zero-order chi connectivity index (χ0) is 14.6. The smallest absolute Gasteiger partial charge is 0.200 e. The second kappa shape index (κ2) is 6.65. The number of benzene rings is 1. The average molecular weight is 298 g/mol. The van der Waals surface area contributed by atoms with Crippen LogP contribution >= 0.6 is 12.2 Å². The van der Waals surface area contributed by atoms with E-state index in [9.17, 15) is 22.0 Å². The number of hydrogen-bond acceptors (Lipinski definition) is 1. The second-order valence-electron chi connectivity index (χ2n) is 3.68. The molecule has 1 aromatic rings. The van der Waals surface area contributed by atoms with E-state index in [4.69, 9.17) is 12.2 Å². The summed E-state index contributed by atoms with van der Waals surface area (Å²) in [5, 5.41) is 4.35. The Morgan fingerprint density at radius 3 is 1.89 bits per heavy atom. The van der Waals surface area contributed by atoms with Crippen LogP contribution < -0.4 is 10.6 Å². The van der Waals surface area contributed by atoms with E-state index in [-0.39, 0.29) is 5.11 Å². The fourth-order valence-corrected chi connectivity index (χ4v) is 1.46. The van der Waals surface area contributed by atoms with Crippen molar-refractivity contribution in [2.24, 2.45) is 0 Å².